The molecule has 2 aliphatic carbocycles. The monoisotopic (exact) mass is 529 g/mol. The number of ether oxygens (including phenoxy) is 4. The van der Waals surface area contributed by atoms with Crippen LogP contribution in [0.5, 0.6) is 5.88 Å². The predicted octanol–water partition coefficient (Wildman–Crippen LogP) is 4.50. The molecule has 2 saturated carbocycles. The van der Waals surface area contributed by atoms with Crippen LogP contribution in [0.2, 0.25) is 0 Å². The summed E-state index contributed by atoms with van der Waals surface area (Å²) in [4.78, 5) is 32.8. The Balaban J connectivity index is 1.22. The molecular formula is C28H36FN3O6. The van der Waals surface area contributed by atoms with Crippen LogP contribution in [0.3, 0.4) is 0 Å². The van der Waals surface area contributed by atoms with Crippen LogP contribution in [-0.2, 0) is 25.4 Å². The summed E-state index contributed by atoms with van der Waals surface area (Å²) in [6, 6.07) is 3.49. The molecule has 6 rings (SSSR count). The van der Waals surface area contributed by atoms with Crippen molar-refractivity contribution < 1.29 is 32.9 Å². The predicted molar refractivity (Wildman–Crippen MR) is 136 cm³/mol. The van der Waals surface area contributed by atoms with E-state index in [4.69, 9.17) is 18.9 Å². The molecule has 2 aliphatic heterocycles. The van der Waals surface area contributed by atoms with E-state index in [1.165, 1.54) is 13.3 Å². The first kappa shape index (κ1) is 26.6. The number of pyridine rings is 2. The zero-order chi connectivity index (χ0) is 27.1. The summed E-state index contributed by atoms with van der Waals surface area (Å²) in [7, 11) is 1.38. The fourth-order valence-corrected chi connectivity index (χ4v) is 5.58. The van der Waals surface area contributed by atoms with Gasteiger partial charge in [0.15, 0.2) is 0 Å². The average molecular weight is 530 g/mol. The van der Waals surface area contributed by atoms with Crippen molar-refractivity contribution in [1.29, 1.82) is 0 Å². The SMILES string of the molecule is COC(=O)[C@H]1C[C@@H]1COc1ccc2ncc(F)c(CCC34CCC(NC(=O)OC(C)(C)C)(CC3)CO4)c2n1. The van der Waals surface area contributed by atoms with E-state index >= 15 is 0 Å². The molecule has 2 bridgehead atoms. The number of hydrogen-bond acceptors (Lipinski definition) is 8. The molecular weight excluding hydrogens is 493 g/mol. The molecule has 2 saturated heterocycles. The zero-order valence-corrected chi connectivity index (χ0v) is 22.5. The quantitative estimate of drug-likeness (QED) is 0.498. The highest BCUT2D eigenvalue weighted by Crippen LogP contribution is 2.46. The fraction of sp³-hybridized carbons (Fsp3) is 0.643. The highest BCUT2D eigenvalue weighted by molar-refractivity contribution is 5.78. The van der Waals surface area contributed by atoms with Gasteiger partial charge < -0.3 is 24.3 Å². The standard InChI is InChI=1S/C28H36FN3O6/c1-26(2,3)38-25(34)32-27-9-11-28(12-10-27,37-16-27)8-7-18-20(29)14-30-21-5-6-22(31-23(18)21)36-15-17-13-19(17)24(33)35-4/h5-6,14,17,19H,7-13,15-16H2,1-4H3,(H,32,34)/t17-,19+,27?,28?/m1/s1. The summed E-state index contributed by atoms with van der Waals surface area (Å²) in [5.41, 5.74) is 0.231. The fourth-order valence-electron chi connectivity index (χ4n) is 5.58. The maximum absolute atomic E-state index is 15.0. The Bertz CT molecular complexity index is 1200. The second kappa shape index (κ2) is 9.94. The van der Waals surface area contributed by atoms with E-state index in [2.05, 4.69) is 15.3 Å². The molecule has 0 radical (unpaired) electrons. The van der Waals surface area contributed by atoms with E-state index in [0.717, 1.165) is 32.1 Å². The van der Waals surface area contributed by atoms with E-state index in [1.54, 1.807) is 12.1 Å². The minimum Gasteiger partial charge on any atom is -0.477 e. The Labute approximate surface area is 221 Å². The molecule has 4 aliphatic rings. The summed E-state index contributed by atoms with van der Waals surface area (Å²) in [6.45, 7) is 6.29. The van der Waals surface area contributed by atoms with Crippen molar-refractivity contribution in [3.8, 4) is 5.88 Å². The molecule has 0 spiro atoms. The van der Waals surface area contributed by atoms with Crippen molar-refractivity contribution in [2.45, 2.75) is 82.5 Å². The van der Waals surface area contributed by atoms with Crippen LogP contribution in [0, 0.1) is 17.7 Å². The number of aromatic nitrogens is 2. The molecule has 2 aromatic rings. The molecule has 4 fully saturated rings. The van der Waals surface area contributed by atoms with Gasteiger partial charge in [-0.3, -0.25) is 9.78 Å². The number of hydrogen-bond donors (Lipinski definition) is 1. The third-order valence-corrected chi connectivity index (χ3v) is 7.98. The van der Waals surface area contributed by atoms with Crippen LogP contribution < -0.4 is 10.1 Å². The number of esters is 1. The number of fused-ring (bicyclic) bond motifs is 4. The number of amides is 1. The van der Waals surface area contributed by atoms with E-state index < -0.39 is 23.1 Å². The van der Waals surface area contributed by atoms with Gasteiger partial charge in [0, 0.05) is 17.5 Å². The Morgan fingerprint density at radius 3 is 2.63 bits per heavy atom. The van der Waals surface area contributed by atoms with E-state index in [9.17, 15) is 14.0 Å². The zero-order valence-electron chi connectivity index (χ0n) is 22.5. The maximum Gasteiger partial charge on any atom is 0.408 e. The first-order valence-electron chi connectivity index (χ1n) is 13.3. The Kier molecular flexibility index (Phi) is 6.96. The number of alkyl carbamates (subject to hydrolysis) is 1. The van der Waals surface area contributed by atoms with Gasteiger partial charge in [0.2, 0.25) is 5.88 Å². The van der Waals surface area contributed by atoms with Crippen molar-refractivity contribution >= 4 is 23.1 Å². The number of carbonyl (C=O) groups is 2. The molecule has 1 N–H and O–H groups in total. The lowest BCUT2D eigenvalue weighted by Gasteiger charge is -2.53. The van der Waals surface area contributed by atoms with E-state index in [-0.39, 0.29) is 23.4 Å². The van der Waals surface area contributed by atoms with Gasteiger partial charge in [-0.2, -0.15) is 0 Å². The van der Waals surface area contributed by atoms with Crippen molar-refractivity contribution in [3.63, 3.8) is 0 Å². The van der Waals surface area contributed by atoms with Crippen molar-refractivity contribution in [2.24, 2.45) is 11.8 Å². The molecule has 9 nitrogen and oxygen atoms in total. The van der Waals surface area contributed by atoms with E-state index in [0.29, 0.717) is 48.5 Å². The minimum absolute atomic E-state index is 0.107. The molecule has 2 aromatic heterocycles. The Morgan fingerprint density at radius 1 is 1.21 bits per heavy atom. The van der Waals surface area contributed by atoms with Crippen LogP contribution in [0.4, 0.5) is 9.18 Å². The summed E-state index contributed by atoms with van der Waals surface area (Å²) in [5.74, 6) is -0.263. The van der Waals surface area contributed by atoms with Gasteiger partial charge in [0.25, 0.3) is 0 Å². The molecule has 1 amide bonds. The number of halogens is 1. The van der Waals surface area contributed by atoms with Gasteiger partial charge in [-0.1, -0.05) is 0 Å². The van der Waals surface area contributed by atoms with E-state index in [1.807, 2.05) is 20.8 Å². The molecule has 206 valence electrons. The number of nitrogens with zero attached hydrogens (tertiary/aromatic N) is 2. The van der Waals surface area contributed by atoms with Gasteiger partial charge >= 0.3 is 12.1 Å². The Morgan fingerprint density at radius 2 is 1.97 bits per heavy atom. The number of methoxy groups -OCH3 is 1. The number of rotatable bonds is 8. The van der Waals surface area contributed by atoms with Crippen LogP contribution in [0.25, 0.3) is 11.0 Å². The lowest BCUT2D eigenvalue weighted by Crippen LogP contribution is -2.63. The lowest BCUT2D eigenvalue weighted by molar-refractivity contribution is -0.163. The number of carbonyl (C=O) groups excluding carboxylic acids is 2. The van der Waals surface area contributed by atoms with Crippen molar-refractivity contribution in [1.82, 2.24) is 15.3 Å². The topological polar surface area (TPSA) is 109 Å². The number of aryl methyl sites for hydroxylation is 1. The summed E-state index contributed by atoms with van der Waals surface area (Å²) in [6.07, 6.45) is 5.76. The molecule has 2 atom stereocenters. The minimum atomic E-state index is -0.561. The molecule has 4 heterocycles. The highest BCUT2D eigenvalue weighted by atomic mass is 19.1. The molecule has 0 aromatic carbocycles. The van der Waals surface area contributed by atoms with Crippen molar-refractivity contribution in [2.75, 3.05) is 20.3 Å². The summed E-state index contributed by atoms with van der Waals surface area (Å²) < 4.78 is 37.4. The maximum atomic E-state index is 15.0. The second-order valence-electron chi connectivity index (χ2n) is 11.9. The van der Waals surface area contributed by atoms with Crippen molar-refractivity contribution in [3.05, 3.63) is 29.7 Å². The first-order valence-corrected chi connectivity index (χ1v) is 13.3. The van der Waals surface area contributed by atoms with Gasteiger partial charge in [0.05, 0.1) is 54.6 Å². The second-order valence-corrected chi connectivity index (χ2v) is 11.9. The van der Waals surface area contributed by atoms with Gasteiger partial charge in [-0.15, -0.1) is 0 Å². The Hall–Kier alpha value is -3.01. The van der Waals surface area contributed by atoms with Gasteiger partial charge in [0.1, 0.15) is 11.4 Å². The van der Waals surface area contributed by atoms with Crippen LogP contribution in [0.15, 0.2) is 18.3 Å². The normalized spacial score (nSPS) is 28.1. The van der Waals surface area contributed by atoms with Crippen LogP contribution >= 0.6 is 0 Å². The lowest BCUT2D eigenvalue weighted by atomic mass is 9.69. The smallest absolute Gasteiger partial charge is 0.408 e. The van der Waals surface area contributed by atoms with Crippen LogP contribution in [0.1, 0.15) is 64.9 Å². The molecule has 10 heteroatoms. The highest BCUT2D eigenvalue weighted by Gasteiger charge is 2.50. The van der Waals surface area contributed by atoms with Gasteiger partial charge in [-0.05, 0) is 71.8 Å². The third-order valence-electron chi connectivity index (χ3n) is 7.98. The molecule has 38 heavy (non-hydrogen) atoms. The largest absolute Gasteiger partial charge is 0.477 e. The van der Waals surface area contributed by atoms with Crippen LogP contribution in [-0.4, -0.2) is 59.1 Å². The summed E-state index contributed by atoms with van der Waals surface area (Å²) >= 11 is 0. The van der Waals surface area contributed by atoms with Gasteiger partial charge in [-0.25, -0.2) is 14.2 Å². The average Bonchev–Trinajstić information content (AvgIpc) is 3.66. The summed E-state index contributed by atoms with van der Waals surface area (Å²) in [5, 5.41) is 3.04. The molecule has 0 unspecified atom stereocenters. The number of nitrogens with one attached hydrogen (secondary N) is 1. The first-order chi connectivity index (χ1) is 18.0. The third kappa shape index (κ3) is 5.70.